The van der Waals surface area contributed by atoms with E-state index < -0.39 is 0 Å². The normalized spacial score (nSPS) is 10.1. The molecule has 0 aliphatic heterocycles. The average Bonchev–Trinajstić information content (AvgIpc) is 2.48. The Kier molecular flexibility index (Phi) is 4.71. The van der Waals surface area contributed by atoms with Gasteiger partial charge in [-0.2, -0.15) is 0 Å². The van der Waals surface area contributed by atoms with Crippen LogP contribution in [0.5, 0.6) is 17.2 Å². The second-order valence-electron chi connectivity index (χ2n) is 4.36. The molecule has 2 aromatic carbocycles. The molecule has 0 radical (unpaired) electrons. The van der Waals surface area contributed by atoms with Crippen LogP contribution in [0.1, 0.15) is 5.56 Å². The van der Waals surface area contributed by atoms with E-state index in [1.807, 2.05) is 49.4 Å². The largest absolute Gasteiger partial charge is 0.497 e. The molecular formula is C16H19NO3. The molecule has 2 N–H and O–H groups in total. The lowest BCUT2D eigenvalue weighted by atomic mass is 10.2. The summed E-state index contributed by atoms with van der Waals surface area (Å²) in [5.41, 5.74) is 7.62. The van der Waals surface area contributed by atoms with E-state index in [2.05, 4.69) is 0 Å². The summed E-state index contributed by atoms with van der Waals surface area (Å²) < 4.78 is 16.3. The van der Waals surface area contributed by atoms with Crippen molar-refractivity contribution in [2.24, 2.45) is 0 Å². The van der Waals surface area contributed by atoms with Crippen molar-refractivity contribution in [2.45, 2.75) is 6.92 Å². The molecule has 0 aliphatic rings. The molecule has 0 heterocycles. The van der Waals surface area contributed by atoms with Gasteiger partial charge in [-0.1, -0.05) is 12.1 Å². The number of aryl methyl sites for hydroxylation is 1. The molecule has 4 nitrogen and oxygen atoms in total. The van der Waals surface area contributed by atoms with E-state index in [9.17, 15) is 0 Å². The lowest BCUT2D eigenvalue weighted by Crippen LogP contribution is -2.10. The number of hydrogen-bond donors (Lipinski definition) is 1. The number of ether oxygens (including phenoxy) is 3. The smallest absolute Gasteiger partial charge is 0.142 e. The van der Waals surface area contributed by atoms with Gasteiger partial charge in [-0.3, -0.25) is 0 Å². The van der Waals surface area contributed by atoms with Crippen LogP contribution in [0.2, 0.25) is 0 Å². The van der Waals surface area contributed by atoms with Crippen molar-refractivity contribution >= 4 is 5.69 Å². The van der Waals surface area contributed by atoms with Gasteiger partial charge in [-0.25, -0.2) is 0 Å². The van der Waals surface area contributed by atoms with Crippen LogP contribution in [-0.2, 0) is 0 Å². The Bertz CT molecular complexity index is 552. The molecule has 20 heavy (non-hydrogen) atoms. The zero-order valence-electron chi connectivity index (χ0n) is 11.8. The van der Waals surface area contributed by atoms with Crippen LogP contribution >= 0.6 is 0 Å². The van der Waals surface area contributed by atoms with E-state index in [-0.39, 0.29) is 0 Å². The molecule has 2 aromatic rings. The summed E-state index contributed by atoms with van der Waals surface area (Å²) >= 11 is 0. The highest BCUT2D eigenvalue weighted by atomic mass is 16.5. The van der Waals surface area contributed by atoms with Crippen LogP contribution in [0.25, 0.3) is 0 Å². The predicted molar refractivity (Wildman–Crippen MR) is 79.6 cm³/mol. The number of methoxy groups -OCH3 is 1. The van der Waals surface area contributed by atoms with Crippen molar-refractivity contribution in [2.75, 3.05) is 26.1 Å². The monoisotopic (exact) mass is 273 g/mol. The Labute approximate surface area is 119 Å². The van der Waals surface area contributed by atoms with Gasteiger partial charge in [0.2, 0.25) is 0 Å². The van der Waals surface area contributed by atoms with E-state index in [1.165, 1.54) is 0 Å². The lowest BCUT2D eigenvalue weighted by Gasteiger charge is -2.11. The van der Waals surface area contributed by atoms with Gasteiger partial charge in [-0.15, -0.1) is 0 Å². The summed E-state index contributed by atoms with van der Waals surface area (Å²) in [6.07, 6.45) is 0. The molecule has 4 heteroatoms. The number of anilines is 1. The van der Waals surface area contributed by atoms with Crippen LogP contribution in [-0.4, -0.2) is 20.3 Å². The number of benzene rings is 2. The SMILES string of the molecule is COc1ccc(OCCOc2cccc(C)c2N)cc1. The lowest BCUT2D eigenvalue weighted by molar-refractivity contribution is 0.217. The first-order valence-electron chi connectivity index (χ1n) is 6.45. The number of para-hydroxylation sites is 1. The van der Waals surface area contributed by atoms with E-state index in [4.69, 9.17) is 19.9 Å². The minimum atomic E-state index is 0.444. The molecule has 0 atom stereocenters. The van der Waals surface area contributed by atoms with Crippen molar-refractivity contribution < 1.29 is 14.2 Å². The van der Waals surface area contributed by atoms with Gasteiger partial charge < -0.3 is 19.9 Å². The maximum Gasteiger partial charge on any atom is 0.142 e. The summed E-state index contributed by atoms with van der Waals surface area (Å²) in [4.78, 5) is 0. The van der Waals surface area contributed by atoms with Crippen molar-refractivity contribution in [3.63, 3.8) is 0 Å². The van der Waals surface area contributed by atoms with Crippen molar-refractivity contribution in [3.8, 4) is 17.2 Å². The number of hydrogen-bond acceptors (Lipinski definition) is 4. The molecule has 0 aliphatic carbocycles. The van der Waals surface area contributed by atoms with Crippen LogP contribution in [0.4, 0.5) is 5.69 Å². The van der Waals surface area contributed by atoms with Crippen molar-refractivity contribution in [3.05, 3.63) is 48.0 Å². The fourth-order valence-corrected chi connectivity index (χ4v) is 1.76. The predicted octanol–water partition coefficient (Wildman–Crippen LogP) is 3.04. The highest BCUT2D eigenvalue weighted by Gasteiger charge is 2.02. The Balaban J connectivity index is 1.80. The molecule has 0 unspecified atom stereocenters. The quantitative estimate of drug-likeness (QED) is 0.649. The molecule has 2 rings (SSSR count). The van der Waals surface area contributed by atoms with Crippen molar-refractivity contribution in [1.29, 1.82) is 0 Å². The Morgan fingerprint density at radius 2 is 1.55 bits per heavy atom. The summed E-state index contributed by atoms with van der Waals surface area (Å²) in [6, 6.07) is 13.2. The average molecular weight is 273 g/mol. The number of rotatable bonds is 6. The number of nitrogens with two attached hydrogens (primary N) is 1. The first-order chi connectivity index (χ1) is 9.70. The van der Waals surface area contributed by atoms with Crippen molar-refractivity contribution in [1.82, 2.24) is 0 Å². The Morgan fingerprint density at radius 1 is 0.900 bits per heavy atom. The molecule has 0 saturated heterocycles. The molecule has 0 aromatic heterocycles. The van der Waals surface area contributed by atoms with E-state index in [0.717, 1.165) is 17.1 Å². The van der Waals surface area contributed by atoms with E-state index >= 15 is 0 Å². The van der Waals surface area contributed by atoms with Gasteiger partial charge >= 0.3 is 0 Å². The van der Waals surface area contributed by atoms with E-state index in [1.54, 1.807) is 7.11 Å². The molecule has 0 fully saturated rings. The van der Waals surface area contributed by atoms with Crippen LogP contribution in [0, 0.1) is 6.92 Å². The highest BCUT2D eigenvalue weighted by molar-refractivity contribution is 5.57. The summed E-state index contributed by atoms with van der Waals surface area (Å²) in [5.74, 6) is 2.29. The highest BCUT2D eigenvalue weighted by Crippen LogP contribution is 2.24. The standard InChI is InChI=1S/C16H19NO3/c1-12-4-3-5-15(16(12)17)20-11-10-19-14-8-6-13(18-2)7-9-14/h3-9H,10-11,17H2,1-2H3. The first-order valence-corrected chi connectivity index (χ1v) is 6.45. The Hall–Kier alpha value is -2.36. The second kappa shape index (κ2) is 6.70. The van der Waals surface area contributed by atoms with Crippen LogP contribution < -0.4 is 19.9 Å². The molecule has 0 amide bonds. The van der Waals surface area contributed by atoms with Crippen LogP contribution in [0.15, 0.2) is 42.5 Å². The minimum absolute atomic E-state index is 0.444. The third-order valence-corrected chi connectivity index (χ3v) is 2.95. The van der Waals surface area contributed by atoms with Gasteiger partial charge in [0.15, 0.2) is 0 Å². The second-order valence-corrected chi connectivity index (χ2v) is 4.36. The summed E-state index contributed by atoms with van der Waals surface area (Å²) in [7, 11) is 1.63. The van der Waals surface area contributed by atoms with E-state index in [0.29, 0.717) is 24.7 Å². The summed E-state index contributed by atoms with van der Waals surface area (Å²) in [5, 5.41) is 0. The first kappa shape index (κ1) is 14.1. The fraction of sp³-hybridized carbons (Fsp3) is 0.250. The topological polar surface area (TPSA) is 53.7 Å². The molecule has 106 valence electrons. The maximum atomic E-state index is 5.93. The van der Waals surface area contributed by atoms with Gasteiger partial charge in [-0.05, 0) is 42.8 Å². The Morgan fingerprint density at radius 3 is 2.25 bits per heavy atom. The minimum Gasteiger partial charge on any atom is -0.497 e. The maximum absolute atomic E-state index is 5.93. The van der Waals surface area contributed by atoms with Gasteiger partial charge in [0.05, 0.1) is 12.8 Å². The molecular weight excluding hydrogens is 254 g/mol. The van der Waals surface area contributed by atoms with Gasteiger partial charge in [0.25, 0.3) is 0 Å². The fourth-order valence-electron chi connectivity index (χ4n) is 1.76. The zero-order chi connectivity index (χ0) is 14.4. The zero-order valence-corrected chi connectivity index (χ0v) is 11.8. The molecule has 0 bridgehead atoms. The van der Waals surface area contributed by atoms with Gasteiger partial charge in [0.1, 0.15) is 30.5 Å². The molecule has 0 saturated carbocycles. The van der Waals surface area contributed by atoms with Gasteiger partial charge in [0, 0.05) is 0 Å². The van der Waals surface area contributed by atoms with Crippen LogP contribution in [0.3, 0.4) is 0 Å². The third kappa shape index (κ3) is 3.57. The molecule has 0 spiro atoms. The summed E-state index contributed by atoms with van der Waals surface area (Å²) in [6.45, 7) is 2.86. The third-order valence-electron chi connectivity index (χ3n) is 2.95. The number of nitrogen functional groups attached to an aromatic ring is 1.